The molecule has 1 saturated heterocycles. The van der Waals surface area contributed by atoms with E-state index in [0.29, 0.717) is 13.2 Å². The van der Waals surface area contributed by atoms with Crippen LogP contribution in [0.3, 0.4) is 0 Å². The molecule has 15 heavy (non-hydrogen) atoms. The number of amides is 1. The van der Waals surface area contributed by atoms with Crippen molar-refractivity contribution in [3.05, 3.63) is 0 Å². The summed E-state index contributed by atoms with van der Waals surface area (Å²) in [6.07, 6.45) is 0.902. The van der Waals surface area contributed by atoms with E-state index < -0.39 is 0 Å². The molecule has 1 aliphatic rings. The Labute approximate surface area is 89.8 Å². The van der Waals surface area contributed by atoms with Crippen LogP contribution in [0, 0.1) is 0 Å². The van der Waals surface area contributed by atoms with Gasteiger partial charge in [-0.3, -0.25) is 14.5 Å². The summed E-state index contributed by atoms with van der Waals surface area (Å²) in [5.74, 6) is -0.209. The predicted octanol–water partition coefficient (Wildman–Crippen LogP) is -0.240. The number of nitrogens with one attached hydrogen (secondary N) is 1. The average Bonchev–Trinajstić information content (AvgIpc) is 2.51. The van der Waals surface area contributed by atoms with E-state index in [4.69, 9.17) is 4.74 Å². The zero-order chi connectivity index (χ0) is 11.3. The maximum absolute atomic E-state index is 11.2. The molecule has 86 valence electrons. The number of hydrogen-bond donors (Lipinski definition) is 1. The molecule has 1 amide bonds. The highest BCUT2D eigenvalue weighted by Gasteiger charge is 2.24. The molecule has 0 spiro atoms. The summed E-state index contributed by atoms with van der Waals surface area (Å²) < 4.78 is 4.85. The number of carbonyl (C=O) groups is 2. The molecule has 1 N–H and O–H groups in total. The van der Waals surface area contributed by atoms with Gasteiger partial charge >= 0.3 is 5.97 Å². The standard InChI is InChI=1S/C10H18N2O3/c1-3-15-10(14)7-12-5-4-9(6-12)11-8(2)13/h9H,3-7H2,1-2H3,(H,11,13)/t9-/m1/s1. The second kappa shape index (κ2) is 5.70. The van der Waals surface area contributed by atoms with Crippen LogP contribution < -0.4 is 5.32 Å². The second-order valence-electron chi connectivity index (χ2n) is 3.73. The van der Waals surface area contributed by atoms with Gasteiger partial charge in [0.1, 0.15) is 0 Å². The third kappa shape index (κ3) is 4.29. The minimum Gasteiger partial charge on any atom is -0.465 e. The SMILES string of the molecule is CCOC(=O)CN1CC[C@@H](NC(C)=O)C1. The summed E-state index contributed by atoms with van der Waals surface area (Å²) in [5, 5.41) is 2.84. The molecule has 0 aromatic rings. The van der Waals surface area contributed by atoms with Crippen LogP contribution in [0.2, 0.25) is 0 Å². The molecule has 0 radical (unpaired) electrons. The lowest BCUT2D eigenvalue weighted by atomic mass is 10.3. The Balaban J connectivity index is 2.24. The Morgan fingerprint density at radius 1 is 1.53 bits per heavy atom. The van der Waals surface area contributed by atoms with Gasteiger partial charge in [-0.1, -0.05) is 0 Å². The maximum atomic E-state index is 11.2. The van der Waals surface area contributed by atoms with Gasteiger partial charge in [-0.2, -0.15) is 0 Å². The molecule has 0 aromatic heterocycles. The first-order chi connectivity index (χ1) is 7.11. The first-order valence-corrected chi connectivity index (χ1v) is 5.27. The minimum absolute atomic E-state index is 0.0158. The first-order valence-electron chi connectivity index (χ1n) is 5.27. The third-order valence-electron chi connectivity index (χ3n) is 2.34. The summed E-state index contributed by atoms with van der Waals surface area (Å²) in [6, 6.07) is 0.178. The molecule has 0 saturated carbocycles. The van der Waals surface area contributed by atoms with Crippen molar-refractivity contribution in [3.8, 4) is 0 Å². The molecule has 5 heteroatoms. The Hall–Kier alpha value is -1.10. The van der Waals surface area contributed by atoms with E-state index in [0.717, 1.165) is 19.5 Å². The molecule has 1 fully saturated rings. The van der Waals surface area contributed by atoms with E-state index in [9.17, 15) is 9.59 Å². The topological polar surface area (TPSA) is 58.6 Å². The van der Waals surface area contributed by atoms with Crippen molar-refractivity contribution in [1.29, 1.82) is 0 Å². The number of hydrogen-bond acceptors (Lipinski definition) is 4. The van der Waals surface area contributed by atoms with E-state index in [-0.39, 0.29) is 17.9 Å². The Morgan fingerprint density at radius 3 is 2.87 bits per heavy atom. The molecule has 5 nitrogen and oxygen atoms in total. The van der Waals surface area contributed by atoms with Crippen molar-refractivity contribution in [2.75, 3.05) is 26.2 Å². The second-order valence-corrected chi connectivity index (χ2v) is 3.73. The van der Waals surface area contributed by atoms with Crippen LogP contribution in [-0.4, -0.2) is 49.1 Å². The van der Waals surface area contributed by atoms with Gasteiger partial charge in [0, 0.05) is 26.1 Å². The van der Waals surface area contributed by atoms with Crippen molar-refractivity contribution >= 4 is 11.9 Å². The Morgan fingerprint density at radius 2 is 2.27 bits per heavy atom. The number of nitrogens with zero attached hydrogens (tertiary/aromatic N) is 1. The molecule has 1 heterocycles. The summed E-state index contributed by atoms with van der Waals surface area (Å²) in [7, 11) is 0. The van der Waals surface area contributed by atoms with Crippen molar-refractivity contribution in [2.24, 2.45) is 0 Å². The highest BCUT2D eigenvalue weighted by atomic mass is 16.5. The molecule has 1 rings (SSSR count). The molecular formula is C10H18N2O3. The molecule has 0 aliphatic carbocycles. The van der Waals surface area contributed by atoms with Crippen molar-refractivity contribution in [1.82, 2.24) is 10.2 Å². The predicted molar refractivity (Wildman–Crippen MR) is 55.3 cm³/mol. The van der Waals surface area contributed by atoms with Crippen LogP contribution in [0.25, 0.3) is 0 Å². The minimum atomic E-state index is -0.194. The lowest BCUT2D eigenvalue weighted by Crippen LogP contribution is -2.37. The normalized spacial score (nSPS) is 21.3. The number of carbonyl (C=O) groups excluding carboxylic acids is 2. The maximum Gasteiger partial charge on any atom is 0.320 e. The van der Waals surface area contributed by atoms with Crippen LogP contribution in [0.5, 0.6) is 0 Å². The molecule has 0 unspecified atom stereocenters. The van der Waals surface area contributed by atoms with Crippen molar-refractivity contribution < 1.29 is 14.3 Å². The van der Waals surface area contributed by atoms with E-state index >= 15 is 0 Å². The number of rotatable bonds is 4. The van der Waals surface area contributed by atoms with Gasteiger partial charge in [0.2, 0.25) is 5.91 Å². The van der Waals surface area contributed by atoms with E-state index in [1.54, 1.807) is 6.92 Å². The fourth-order valence-corrected chi connectivity index (χ4v) is 1.77. The van der Waals surface area contributed by atoms with E-state index in [1.807, 2.05) is 4.90 Å². The lowest BCUT2D eigenvalue weighted by Gasteiger charge is -2.14. The van der Waals surface area contributed by atoms with Gasteiger partial charge in [0.15, 0.2) is 0 Å². The molecule has 1 aliphatic heterocycles. The summed E-state index contributed by atoms with van der Waals surface area (Å²) >= 11 is 0. The summed E-state index contributed by atoms with van der Waals surface area (Å²) in [4.78, 5) is 24.0. The number of esters is 1. The summed E-state index contributed by atoms with van der Waals surface area (Å²) in [6.45, 7) is 5.61. The van der Waals surface area contributed by atoms with Gasteiger partial charge < -0.3 is 10.1 Å². The van der Waals surface area contributed by atoms with Crippen LogP contribution in [0.1, 0.15) is 20.3 Å². The van der Waals surface area contributed by atoms with Crippen LogP contribution in [0.15, 0.2) is 0 Å². The zero-order valence-electron chi connectivity index (χ0n) is 9.28. The average molecular weight is 214 g/mol. The monoisotopic (exact) mass is 214 g/mol. The highest BCUT2D eigenvalue weighted by molar-refractivity contribution is 5.73. The molecule has 1 atom stereocenters. The summed E-state index contributed by atoms with van der Waals surface area (Å²) in [5.41, 5.74) is 0. The Kier molecular flexibility index (Phi) is 4.55. The van der Waals surface area contributed by atoms with Crippen LogP contribution in [0.4, 0.5) is 0 Å². The highest BCUT2D eigenvalue weighted by Crippen LogP contribution is 2.08. The largest absolute Gasteiger partial charge is 0.465 e. The third-order valence-corrected chi connectivity index (χ3v) is 2.34. The van der Waals surface area contributed by atoms with Gasteiger partial charge in [-0.25, -0.2) is 0 Å². The van der Waals surface area contributed by atoms with Crippen LogP contribution >= 0.6 is 0 Å². The van der Waals surface area contributed by atoms with Gasteiger partial charge in [-0.15, -0.1) is 0 Å². The molecular weight excluding hydrogens is 196 g/mol. The molecule has 0 aromatic carbocycles. The van der Waals surface area contributed by atoms with E-state index in [2.05, 4.69) is 5.32 Å². The number of ether oxygens (including phenoxy) is 1. The Bertz CT molecular complexity index is 243. The van der Waals surface area contributed by atoms with Gasteiger partial charge in [0.05, 0.1) is 13.2 Å². The number of likely N-dealkylation sites (tertiary alicyclic amines) is 1. The van der Waals surface area contributed by atoms with Gasteiger partial charge in [-0.05, 0) is 13.3 Å². The zero-order valence-corrected chi connectivity index (χ0v) is 9.28. The van der Waals surface area contributed by atoms with E-state index in [1.165, 1.54) is 6.92 Å². The molecule has 0 bridgehead atoms. The first kappa shape index (κ1) is 12.0. The van der Waals surface area contributed by atoms with Crippen LogP contribution in [-0.2, 0) is 14.3 Å². The fourth-order valence-electron chi connectivity index (χ4n) is 1.77. The van der Waals surface area contributed by atoms with Gasteiger partial charge in [0.25, 0.3) is 0 Å². The quantitative estimate of drug-likeness (QED) is 0.656. The lowest BCUT2D eigenvalue weighted by molar-refractivity contribution is -0.144. The van der Waals surface area contributed by atoms with Crippen molar-refractivity contribution in [3.63, 3.8) is 0 Å². The smallest absolute Gasteiger partial charge is 0.320 e. The fraction of sp³-hybridized carbons (Fsp3) is 0.800. The van der Waals surface area contributed by atoms with Crippen molar-refractivity contribution in [2.45, 2.75) is 26.3 Å².